The lowest BCUT2D eigenvalue weighted by Gasteiger charge is -2.35. The average Bonchev–Trinajstić information content (AvgIpc) is 3.28. The fraction of sp³-hybridized carbons (Fsp3) is 0.0833. The Morgan fingerprint density at radius 3 is 1.54 bits per heavy atom. The minimum atomic E-state index is 0.280. The highest BCUT2D eigenvalue weighted by atomic mass is 15.6. The van der Waals surface area contributed by atoms with Crippen molar-refractivity contribution in [2.45, 2.75) is 13.8 Å². The second kappa shape index (κ2) is 5.76. The Hall–Kier alpha value is -2.97. The van der Waals surface area contributed by atoms with Gasteiger partial charge in [-0.15, -0.1) is 0 Å². The van der Waals surface area contributed by atoms with Crippen LogP contribution in [-0.2, 0) is 0 Å². The van der Waals surface area contributed by atoms with Crippen LogP contribution >= 0.6 is 0 Å². The summed E-state index contributed by atoms with van der Waals surface area (Å²) in [4.78, 5) is 2.59. The zero-order chi connectivity index (χ0) is 18.8. The molecule has 3 heterocycles. The van der Waals surface area contributed by atoms with Crippen LogP contribution in [0, 0.1) is 0 Å². The number of hydrazine groups is 1. The molecule has 0 spiro atoms. The highest BCUT2D eigenvalue weighted by Gasteiger charge is 2.55. The predicted molar refractivity (Wildman–Crippen MR) is 122 cm³/mol. The van der Waals surface area contributed by atoms with Crippen LogP contribution < -0.4 is 26.9 Å². The smallest absolute Gasteiger partial charge is 0.295 e. The molecule has 0 unspecified atom stereocenters. The molecule has 4 aromatic carbocycles. The standard InChI is InChI=1S/C22H14B2N2.C2H6/c1-3-13-20-16(9-1)23-18-11-5-7-15-8-6-12-19(22(15)18)24-17-10-2-4-14-21(17)25(20)26(23)24;1-2/h1-14H;1-2H3. The first-order valence-corrected chi connectivity index (χ1v) is 10.2. The molecule has 0 atom stereocenters. The number of hydrogen-bond acceptors (Lipinski definition) is 2. The van der Waals surface area contributed by atoms with Crippen molar-refractivity contribution >= 4 is 57.7 Å². The highest BCUT2D eigenvalue weighted by Crippen LogP contribution is 2.38. The van der Waals surface area contributed by atoms with Crippen LogP contribution in [0.1, 0.15) is 13.8 Å². The summed E-state index contributed by atoms with van der Waals surface area (Å²) >= 11 is 0. The number of hydrogen-bond donors (Lipinski definition) is 0. The summed E-state index contributed by atoms with van der Waals surface area (Å²) in [5, 5.41) is 5.24. The van der Waals surface area contributed by atoms with Crippen molar-refractivity contribution in [3.05, 3.63) is 84.9 Å². The van der Waals surface area contributed by atoms with Gasteiger partial charge in [-0.1, -0.05) is 86.6 Å². The summed E-state index contributed by atoms with van der Waals surface area (Å²) in [7, 11) is 0. The summed E-state index contributed by atoms with van der Waals surface area (Å²) < 4.78 is 0. The van der Waals surface area contributed by atoms with Gasteiger partial charge in [0, 0.05) is 0 Å². The summed E-state index contributed by atoms with van der Waals surface area (Å²) in [6.45, 7) is 4.56. The summed E-state index contributed by atoms with van der Waals surface area (Å²) in [5.41, 5.74) is 8.31. The monoisotopic (exact) mass is 358 g/mol. The molecule has 132 valence electrons. The number of fused-ring (bicyclic) bond motifs is 8. The third kappa shape index (κ3) is 1.79. The molecule has 0 aromatic heterocycles. The van der Waals surface area contributed by atoms with Crippen molar-refractivity contribution in [3.8, 4) is 0 Å². The Kier molecular flexibility index (Phi) is 3.30. The molecule has 0 N–H and O–H groups in total. The molecule has 0 saturated heterocycles. The van der Waals surface area contributed by atoms with E-state index in [0.717, 1.165) is 0 Å². The van der Waals surface area contributed by atoms with Crippen molar-refractivity contribution < 1.29 is 0 Å². The Bertz CT molecular complexity index is 1150. The van der Waals surface area contributed by atoms with Gasteiger partial charge in [-0.3, -0.25) is 9.84 Å². The molecule has 28 heavy (non-hydrogen) atoms. The van der Waals surface area contributed by atoms with Gasteiger partial charge in [0.25, 0.3) is 0 Å². The van der Waals surface area contributed by atoms with Gasteiger partial charge in [0.15, 0.2) is 0 Å². The fourth-order valence-corrected chi connectivity index (χ4v) is 5.34. The van der Waals surface area contributed by atoms with Crippen LogP contribution in [-0.4, -0.2) is 18.5 Å². The van der Waals surface area contributed by atoms with E-state index < -0.39 is 0 Å². The molecule has 2 nitrogen and oxygen atoms in total. The molecule has 0 aliphatic carbocycles. The average molecular weight is 358 g/mol. The number of para-hydroxylation sites is 2. The zero-order valence-electron chi connectivity index (χ0n) is 16.1. The summed E-state index contributed by atoms with van der Waals surface area (Å²) in [6.07, 6.45) is 0. The topological polar surface area (TPSA) is 6.48 Å². The van der Waals surface area contributed by atoms with Crippen LogP contribution in [0.4, 0.5) is 11.4 Å². The van der Waals surface area contributed by atoms with Crippen molar-refractivity contribution in [1.29, 1.82) is 0 Å². The quantitative estimate of drug-likeness (QED) is 0.446. The normalized spacial score (nSPS) is 15.1. The van der Waals surface area contributed by atoms with E-state index >= 15 is 0 Å². The molecular weight excluding hydrogens is 338 g/mol. The van der Waals surface area contributed by atoms with Crippen molar-refractivity contribution in [3.63, 3.8) is 0 Å². The third-order valence-corrected chi connectivity index (χ3v) is 6.24. The van der Waals surface area contributed by atoms with Gasteiger partial charge in [-0.25, -0.2) is 0 Å². The van der Waals surface area contributed by atoms with E-state index in [-0.39, 0.29) is 13.7 Å². The first kappa shape index (κ1) is 16.0. The van der Waals surface area contributed by atoms with E-state index in [1.54, 1.807) is 0 Å². The van der Waals surface area contributed by atoms with E-state index in [4.69, 9.17) is 0 Å². The molecule has 0 bridgehead atoms. The van der Waals surface area contributed by atoms with Gasteiger partial charge >= 0.3 is 13.7 Å². The van der Waals surface area contributed by atoms with E-state index in [0.29, 0.717) is 0 Å². The van der Waals surface area contributed by atoms with E-state index in [1.165, 1.54) is 44.0 Å². The van der Waals surface area contributed by atoms with Crippen LogP contribution in [0.2, 0.25) is 0 Å². The van der Waals surface area contributed by atoms with Crippen LogP contribution in [0.15, 0.2) is 84.9 Å². The summed E-state index contributed by atoms with van der Waals surface area (Å²) in [5.74, 6) is 0. The van der Waals surface area contributed by atoms with Gasteiger partial charge in [0.1, 0.15) is 0 Å². The Morgan fingerprint density at radius 2 is 1.00 bits per heavy atom. The maximum atomic E-state index is 2.59. The van der Waals surface area contributed by atoms with Crippen LogP contribution in [0.25, 0.3) is 10.8 Å². The maximum Gasteiger partial charge on any atom is 0.303 e. The molecule has 0 amide bonds. The molecule has 7 rings (SSSR count). The van der Waals surface area contributed by atoms with Crippen molar-refractivity contribution in [1.82, 2.24) is 4.83 Å². The minimum absolute atomic E-state index is 0.280. The highest BCUT2D eigenvalue weighted by molar-refractivity contribution is 7.04. The molecule has 3 aliphatic rings. The third-order valence-electron chi connectivity index (χ3n) is 6.24. The molecule has 4 heteroatoms. The second-order valence-electron chi connectivity index (χ2n) is 7.41. The SMILES string of the molecule is CC.c1ccc2c(c1)B1c3cccc4cccc(c34)B3c4ccccc4N2N13. The Labute approximate surface area is 166 Å². The number of rotatable bonds is 0. The summed E-state index contributed by atoms with van der Waals surface area (Å²) in [6, 6.07) is 31.3. The molecule has 0 radical (unpaired) electrons. The Balaban J connectivity index is 0.000000756. The van der Waals surface area contributed by atoms with E-state index in [1.807, 2.05) is 13.8 Å². The first-order chi connectivity index (χ1) is 13.9. The number of anilines is 2. The zero-order valence-corrected chi connectivity index (χ0v) is 16.1. The first-order valence-electron chi connectivity index (χ1n) is 10.2. The van der Waals surface area contributed by atoms with E-state index in [2.05, 4.69) is 94.8 Å². The lowest BCUT2D eigenvalue weighted by Crippen LogP contribution is -2.68. The largest absolute Gasteiger partial charge is 0.303 e. The van der Waals surface area contributed by atoms with Gasteiger partial charge in [-0.2, -0.15) is 0 Å². The molecular formula is C24H20B2N2. The predicted octanol–water partition coefficient (Wildman–Crippen LogP) is 2.77. The second-order valence-corrected chi connectivity index (χ2v) is 7.41. The van der Waals surface area contributed by atoms with Gasteiger partial charge in [0.2, 0.25) is 0 Å². The molecule has 0 saturated carbocycles. The maximum absolute atomic E-state index is 2.59. The van der Waals surface area contributed by atoms with Gasteiger partial charge < -0.3 is 0 Å². The van der Waals surface area contributed by atoms with Crippen LogP contribution in [0.5, 0.6) is 0 Å². The molecule has 4 aromatic rings. The fourth-order valence-electron chi connectivity index (χ4n) is 5.34. The van der Waals surface area contributed by atoms with Crippen molar-refractivity contribution in [2.75, 3.05) is 5.01 Å². The lowest BCUT2D eigenvalue weighted by molar-refractivity contribution is 0.719. The molecule has 3 aliphatic heterocycles. The van der Waals surface area contributed by atoms with Crippen LogP contribution in [0.3, 0.4) is 0 Å². The van der Waals surface area contributed by atoms with E-state index in [9.17, 15) is 0 Å². The Morgan fingerprint density at radius 1 is 0.536 bits per heavy atom. The number of benzene rings is 4. The molecule has 0 fully saturated rings. The van der Waals surface area contributed by atoms with Crippen molar-refractivity contribution in [2.24, 2.45) is 0 Å². The minimum Gasteiger partial charge on any atom is -0.295 e. The van der Waals surface area contributed by atoms with Gasteiger partial charge in [-0.05, 0) is 44.8 Å². The van der Waals surface area contributed by atoms with Gasteiger partial charge in [0.05, 0.1) is 11.4 Å². The number of nitrogens with zero attached hydrogens (tertiary/aromatic N) is 2. The lowest BCUT2D eigenvalue weighted by atomic mass is 9.35.